The molecule has 8 heteroatoms. The topological polar surface area (TPSA) is 98.3 Å². The standard InChI is InChI=1S/C15H15ClN4O3/c16-10-3-1-9(2-4-10)7-17-15(23)20-6-5-12-11(8-20)13(14(21)22)19-18-12/h1-4H,5-8H2,(H,17,23)(H,18,19)(H,21,22). The molecule has 3 rings (SSSR count). The molecule has 0 radical (unpaired) electrons. The molecule has 0 aliphatic carbocycles. The Morgan fingerprint density at radius 2 is 2.09 bits per heavy atom. The number of carbonyl (C=O) groups is 2. The number of aromatic amines is 1. The molecule has 23 heavy (non-hydrogen) atoms. The van der Waals surface area contributed by atoms with Crippen LogP contribution >= 0.6 is 11.6 Å². The first-order chi connectivity index (χ1) is 11.0. The quantitative estimate of drug-likeness (QED) is 0.799. The van der Waals surface area contributed by atoms with Gasteiger partial charge in [0.05, 0.1) is 6.54 Å². The van der Waals surface area contributed by atoms with Crippen LogP contribution in [0.4, 0.5) is 4.79 Å². The van der Waals surface area contributed by atoms with Crippen molar-refractivity contribution in [3.63, 3.8) is 0 Å². The second-order valence-electron chi connectivity index (χ2n) is 5.29. The number of hydrogen-bond acceptors (Lipinski definition) is 3. The fourth-order valence-electron chi connectivity index (χ4n) is 2.54. The fraction of sp³-hybridized carbons (Fsp3) is 0.267. The Labute approximate surface area is 137 Å². The van der Waals surface area contributed by atoms with Gasteiger partial charge in [0.1, 0.15) is 0 Å². The summed E-state index contributed by atoms with van der Waals surface area (Å²) in [7, 11) is 0. The van der Waals surface area contributed by atoms with Crippen LogP contribution in [0.1, 0.15) is 27.3 Å². The van der Waals surface area contributed by atoms with Gasteiger partial charge in [-0.2, -0.15) is 5.10 Å². The molecule has 1 aromatic carbocycles. The van der Waals surface area contributed by atoms with Gasteiger partial charge in [-0.1, -0.05) is 23.7 Å². The second-order valence-corrected chi connectivity index (χ2v) is 5.73. The monoisotopic (exact) mass is 334 g/mol. The number of aromatic nitrogens is 2. The summed E-state index contributed by atoms with van der Waals surface area (Å²) in [5, 5.41) is 19.1. The molecule has 0 saturated heterocycles. The number of hydrogen-bond donors (Lipinski definition) is 3. The van der Waals surface area contributed by atoms with Gasteiger partial charge in [0.15, 0.2) is 5.69 Å². The maximum atomic E-state index is 12.3. The van der Waals surface area contributed by atoms with Gasteiger partial charge in [-0.05, 0) is 17.7 Å². The third-order valence-corrected chi connectivity index (χ3v) is 4.03. The normalized spacial score (nSPS) is 13.5. The van der Waals surface area contributed by atoms with E-state index in [9.17, 15) is 9.59 Å². The minimum atomic E-state index is -1.09. The fourth-order valence-corrected chi connectivity index (χ4v) is 2.66. The van der Waals surface area contributed by atoms with Crippen molar-refractivity contribution < 1.29 is 14.7 Å². The van der Waals surface area contributed by atoms with E-state index in [0.717, 1.165) is 11.3 Å². The van der Waals surface area contributed by atoms with Gasteiger partial charge >= 0.3 is 12.0 Å². The zero-order valence-electron chi connectivity index (χ0n) is 12.2. The lowest BCUT2D eigenvalue weighted by Gasteiger charge is -2.27. The number of rotatable bonds is 3. The van der Waals surface area contributed by atoms with E-state index in [-0.39, 0.29) is 18.3 Å². The number of nitrogens with zero attached hydrogens (tertiary/aromatic N) is 2. The van der Waals surface area contributed by atoms with E-state index in [1.807, 2.05) is 12.1 Å². The highest BCUT2D eigenvalue weighted by molar-refractivity contribution is 6.30. The number of aromatic carboxylic acids is 1. The van der Waals surface area contributed by atoms with E-state index in [1.54, 1.807) is 17.0 Å². The third-order valence-electron chi connectivity index (χ3n) is 3.78. The number of carboxylic acid groups (broad SMARTS) is 1. The molecule has 0 unspecified atom stereocenters. The average Bonchev–Trinajstić information content (AvgIpc) is 2.97. The number of nitrogens with one attached hydrogen (secondary N) is 2. The average molecular weight is 335 g/mol. The maximum Gasteiger partial charge on any atom is 0.356 e. The highest BCUT2D eigenvalue weighted by atomic mass is 35.5. The highest BCUT2D eigenvalue weighted by Crippen LogP contribution is 2.20. The van der Waals surface area contributed by atoms with Crippen molar-refractivity contribution in [2.75, 3.05) is 6.54 Å². The van der Waals surface area contributed by atoms with Crippen molar-refractivity contribution in [2.24, 2.45) is 0 Å². The number of halogens is 1. The largest absolute Gasteiger partial charge is 0.476 e. The van der Waals surface area contributed by atoms with Gasteiger partial charge in [0.25, 0.3) is 0 Å². The number of benzene rings is 1. The lowest BCUT2D eigenvalue weighted by atomic mass is 10.1. The molecule has 0 spiro atoms. The van der Waals surface area contributed by atoms with Gasteiger partial charge in [0, 0.05) is 35.8 Å². The molecule has 3 N–H and O–H groups in total. The van der Waals surface area contributed by atoms with Crippen LogP contribution < -0.4 is 5.32 Å². The zero-order valence-corrected chi connectivity index (χ0v) is 12.9. The zero-order chi connectivity index (χ0) is 16.4. The van der Waals surface area contributed by atoms with Crippen LogP contribution in [0.3, 0.4) is 0 Å². The maximum absolute atomic E-state index is 12.3. The second kappa shape index (κ2) is 6.29. The number of urea groups is 1. The molecular weight excluding hydrogens is 320 g/mol. The lowest BCUT2D eigenvalue weighted by Crippen LogP contribution is -2.42. The van der Waals surface area contributed by atoms with Crippen molar-refractivity contribution in [2.45, 2.75) is 19.5 Å². The van der Waals surface area contributed by atoms with Crippen LogP contribution in [0, 0.1) is 0 Å². The summed E-state index contributed by atoms with van der Waals surface area (Å²) < 4.78 is 0. The van der Waals surface area contributed by atoms with Crippen molar-refractivity contribution >= 4 is 23.6 Å². The van der Waals surface area contributed by atoms with Crippen LogP contribution in [-0.2, 0) is 19.5 Å². The van der Waals surface area contributed by atoms with Gasteiger partial charge in [-0.15, -0.1) is 0 Å². The molecular formula is C15H15ClN4O3. The molecule has 0 saturated carbocycles. The first-order valence-corrected chi connectivity index (χ1v) is 7.49. The molecule has 2 aromatic rings. The van der Waals surface area contributed by atoms with Crippen molar-refractivity contribution in [3.05, 3.63) is 51.8 Å². The van der Waals surface area contributed by atoms with Crippen molar-refractivity contribution in [3.8, 4) is 0 Å². The minimum Gasteiger partial charge on any atom is -0.476 e. The summed E-state index contributed by atoms with van der Waals surface area (Å²) in [5.41, 5.74) is 2.28. The molecule has 0 bridgehead atoms. The Morgan fingerprint density at radius 1 is 1.35 bits per heavy atom. The predicted molar refractivity (Wildman–Crippen MR) is 83.3 cm³/mol. The molecule has 7 nitrogen and oxygen atoms in total. The van der Waals surface area contributed by atoms with Crippen molar-refractivity contribution in [1.29, 1.82) is 0 Å². The molecule has 2 amide bonds. The Balaban J connectivity index is 1.63. The molecule has 0 atom stereocenters. The van der Waals surface area contributed by atoms with Gasteiger partial charge in [0.2, 0.25) is 0 Å². The van der Waals surface area contributed by atoms with E-state index in [0.29, 0.717) is 30.1 Å². The summed E-state index contributed by atoms with van der Waals surface area (Å²) in [6.45, 7) is 1.14. The van der Waals surface area contributed by atoms with Crippen LogP contribution in [-0.4, -0.2) is 38.7 Å². The molecule has 120 valence electrons. The van der Waals surface area contributed by atoms with E-state index in [4.69, 9.17) is 16.7 Å². The SMILES string of the molecule is O=C(O)c1n[nH]c2c1CN(C(=O)NCc1ccc(Cl)cc1)CC2. The Hall–Kier alpha value is -2.54. The van der Waals surface area contributed by atoms with E-state index < -0.39 is 5.97 Å². The molecule has 1 aliphatic heterocycles. The van der Waals surface area contributed by atoms with E-state index in [1.165, 1.54) is 0 Å². The number of fused-ring (bicyclic) bond motifs is 1. The van der Waals surface area contributed by atoms with Gasteiger partial charge < -0.3 is 15.3 Å². The molecule has 1 aliphatic rings. The van der Waals surface area contributed by atoms with Crippen LogP contribution in [0.2, 0.25) is 5.02 Å². The van der Waals surface area contributed by atoms with Crippen LogP contribution in [0.25, 0.3) is 0 Å². The smallest absolute Gasteiger partial charge is 0.356 e. The predicted octanol–water partition coefficient (Wildman–Crippen LogP) is 2.03. The summed E-state index contributed by atoms with van der Waals surface area (Å²) in [6, 6.07) is 6.98. The number of H-pyrrole nitrogens is 1. The number of amides is 2. The van der Waals surface area contributed by atoms with Gasteiger partial charge in [-0.3, -0.25) is 5.10 Å². The van der Waals surface area contributed by atoms with Crippen molar-refractivity contribution in [1.82, 2.24) is 20.4 Å². The third kappa shape index (κ3) is 3.29. The number of carbonyl (C=O) groups excluding carboxylic acids is 1. The Bertz CT molecular complexity index is 742. The Morgan fingerprint density at radius 3 is 2.78 bits per heavy atom. The number of carboxylic acids is 1. The lowest BCUT2D eigenvalue weighted by molar-refractivity contribution is 0.0687. The molecule has 2 heterocycles. The molecule has 0 fully saturated rings. The summed E-state index contributed by atoms with van der Waals surface area (Å²) in [4.78, 5) is 25.0. The Kier molecular flexibility index (Phi) is 4.20. The summed E-state index contributed by atoms with van der Waals surface area (Å²) >= 11 is 5.82. The van der Waals surface area contributed by atoms with Crippen LogP contribution in [0.15, 0.2) is 24.3 Å². The summed E-state index contributed by atoms with van der Waals surface area (Å²) in [5.74, 6) is -1.09. The van der Waals surface area contributed by atoms with E-state index >= 15 is 0 Å². The summed E-state index contributed by atoms with van der Waals surface area (Å²) in [6.07, 6.45) is 0.560. The minimum absolute atomic E-state index is 0.0183. The van der Waals surface area contributed by atoms with Crippen LogP contribution in [0.5, 0.6) is 0 Å². The van der Waals surface area contributed by atoms with Gasteiger partial charge in [-0.25, -0.2) is 9.59 Å². The van der Waals surface area contributed by atoms with E-state index in [2.05, 4.69) is 15.5 Å². The highest BCUT2D eigenvalue weighted by Gasteiger charge is 2.27. The first-order valence-electron chi connectivity index (χ1n) is 7.11. The molecule has 1 aromatic heterocycles. The first kappa shape index (κ1) is 15.4.